The number of hydrogen-bond donors (Lipinski definition) is 2. The van der Waals surface area contributed by atoms with E-state index in [-0.39, 0.29) is 5.91 Å². The number of rotatable bonds is 3. The molecule has 0 fully saturated rings. The van der Waals surface area contributed by atoms with Gasteiger partial charge in [0.1, 0.15) is 0 Å². The summed E-state index contributed by atoms with van der Waals surface area (Å²) in [5, 5.41) is 3.30. The summed E-state index contributed by atoms with van der Waals surface area (Å²) < 4.78 is 2.48. The van der Waals surface area contributed by atoms with E-state index >= 15 is 0 Å². The molecule has 0 aliphatic carbocycles. The van der Waals surface area contributed by atoms with Crippen molar-refractivity contribution in [2.45, 2.75) is 20.4 Å². The molecule has 0 aliphatic rings. The summed E-state index contributed by atoms with van der Waals surface area (Å²) in [5.74, 6) is -0.0224. The van der Waals surface area contributed by atoms with Crippen LogP contribution in [0.4, 0.5) is 0 Å². The molecule has 1 heterocycles. The first kappa shape index (κ1) is 14.1. The molecule has 2 N–H and O–H groups in total. The fourth-order valence-corrected chi connectivity index (χ4v) is 2.59. The summed E-state index contributed by atoms with van der Waals surface area (Å²) in [5.41, 5.74) is 1.17. The standard InChI is InChI=1S/C13H16ClN3OS/c1-13(2,11(18)15-3)7-17-9-6-4-5-8(14)10(9)16-12(17)19/h4-6H,7H2,1-3H3,(H,15,18)(H,16,19). The Morgan fingerprint density at radius 3 is 2.84 bits per heavy atom. The number of fused-ring (bicyclic) bond motifs is 1. The van der Waals surface area contributed by atoms with Crippen molar-refractivity contribution in [3.8, 4) is 0 Å². The van der Waals surface area contributed by atoms with Crippen LogP contribution in [0, 0.1) is 10.2 Å². The van der Waals surface area contributed by atoms with Gasteiger partial charge in [-0.05, 0) is 38.2 Å². The fourth-order valence-electron chi connectivity index (χ4n) is 2.11. The number of amides is 1. The SMILES string of the molecule is CNC(=O)C(C)(C)Cn1c(=S)[nH]c2c(Cl)cccc21. The van der Waals surface area contributed by atoms with Crippen molar-refractivity contribution in [3.63, 3.8) is 0 Å². The second-order valence-electron chi connectivity index (χ2n) is 5.11. The van der Waals surface area contributed by atoms with Crippen LogP contribution in [0.2, 0.25) is 5.02 Å². The number of halogens is 1. The van der Waals surface area contributed by atoms with Crippen LogP contribution in [0.15, 0.2) is 18.2 Å². The van der Waals surface area contributed by atoms with Crippen LogP contribution in [-0.2, 0) is 11.3 Å². The average Bonchev–Trinajstić information content (AvgIpc) is 2.67. The lowest BCUT2D eigenvalue weighted by Crippen LogP contribution is -2.37. The van der Waals surface area contributed by atoms with E-state index in [0.717, 1.165) is 11.0 Å². The van der Waals surface area contributed by atoms with Crippen molar-refractivity contribution in [3.05, 3.63) is 28.0 Å². The number of carbonyl (C=O) groups is 1. The maximum atomic E-state index is 11.9. The molecule has 4 nitrogen and oxygen atoms in total. The Morgan fingerprint density at radius 2 is 2.21 bits per heavy atom. The zero-order valence-corrected chi connectivity index (χ0v) is 12.7. The second kappa shape index (κ2) is 4.98. The maximum absolute atomic E-state index is 11.9. The topological polar surface area (TPSA) is 49.8 Å². The van der Waals surface area contributed by atoms with E-state index < -0.39 is 5.41 Å². The summed E-state index contributed by atoms with van der Waals surface area (Å²) in [7, 11) is 1.63. The Kier molecular flexibility index (Phi) is 3.69. The molecule has 0 saturated carbocycles. The van der Waals surface area contributed by atoms with Gasteiger partial charge in [0.25, 0.3) is 0 Å². The first-order chi connectivity index (χ1) is 8.86. The molecule has 19 heavy (non-hydrogen) atoms. The maximum Gasteiger partial charge on any atom is 0.227 e. The summed E-state index contributed by atoms with van der Waals surface area (Å²) >= 11 is 11.5. The second-order valence-corrected chi connectivity index (χ2v) is 5.91. The van der Waals surface area contributed by atoms with Crippen molar-refractivity contribution >= 4 is 40.8 Å². The predicted molar refractivity (Wildman–Crippen MR) is 80.0 cm³/mol. The molecule has 0 bridgehead atoms. The molecule has 102 valence electrons. The summed E-state index contributed by atoms with van der Waals surface area (Å²) in [6.45, 7) is 4.26. The van der Waals surface area contributed by atoms with E-state index in [2.05, 4.69) is 10.3 Å². The molecule has 1 aromatic heterocycles. The molecule has 2 rings (SSSR count). The number of benzene rings is 1. The zero-order valence-electron chi connectivity index (χ0n) is 11.1. The molecule has 0 atom stereocenters. The van der Waals surface area contributed by atoms with Gasteiger partial charge in [0.15, 0.2) is 4.77 Å². The van der Waals surface area contributed by atoms with Crippen molar-refractivity contribution < 1.29 is 4.79 Å². The molecule has 1 aromatic carbocycles. The minimum atomic E-state index is -0.551. The number of para-hydroxylation sites is 1. The Balaban J connectivity index is 2.52. The highest BCUT2D eigenvalue weighted by Crippen LogP contribution is 2.26. The first-order valence-corrected chi connectivity index (χ1v) is 6.74. The molecule has 0 aliphatic heterocycles. The van der Waals surface area contributed by atoms with Crippen LogP contribution in [0.3, 0.4) is 0 Å². The summed E-state index contributed by atoms with van der Waals surface area (Å²) in [4.78, 5) is 15.0. The zero-order chi connectivity index (χ0) is 14.2. The van der Waals surface area contributed by atoms with Gasteiger partial charge in [-0.3, -0.25) is 4.79 Å². The van der Waals surface area contributed by atoms with Crippen molar-refractivity contribution in [1.29, 1.82) is 0 Å². The molecule has 0 saturated heterocycles. The molecule has 6 heteroatoms. The van der Waals surface area contributed by atoms with E-state index in [1.807, 2.05) is 36.6 Å². The van der Waals surface area contributed by atoms with E-state index in [1.165, 1.54) is 0 Å². The van der Waals surface area contributed by atoms with Gasteiger partial charge >= 0.3 is 0 Å². The summed E-state index contributed by atoms with van der Waals surface area (Å²) in [6, 6.07) is 5.62. The van der Waals surface area contributed by atoms with Crippen LogP contribution < -0.4 is 5.32 Å². The number of hydrogen-bond acceptors (Lipinski definition) is 2. The number of aromatic amines is 1. The third kappa shape index (κ3) is 2.53. The van der Waals surface area contributed by atoms with Crippen molar-refractivity contribution in [1.82, 2.24) is 14.9 Å². The van der Waals surface area contributed by atoms with Crippen LogP contribution in [0.1, 0.15) is 13.8 Å². The molecular weight excluding hydrogens is 282 g/mol. The summed E-state index contributed by atoms with van der Waals surface area (Å²) in [6.07, 6.45) is 0. The van der Waals surface area contributed by atoms with Crippen LogP contribution in [0.5, 0.6) is 0 Å². The number of imidazole rings is 1. The van der Waals surface area contributed by atoms with Crippen LogP contribution >= 0.6 is 23.8 Å². The predicted octanol–water partition coefficient (Wildman–Crippen LogP) is 3.12. The van der Waals surface area contributed by atoms with E-state index in [9.17, 15) is 4.79 Å². The lowest BCUT2D eigenvalue weighted by atomic mass is 9.92. The third-order valence-electron chi connectivity index (χ3n) is 3.15. The highest BCUT2D eigenvalue weighted by atomic mass is 35.5. The van der Waals surface area contributed by atoms with Gasteiger partial charge in [0.2, 0.25) is 5.91 Å². The van der Waals surface area contributed by atoms with Gasteiger partial charge < -0.3 is 14.9 Å². The highest BCUT2D eigenvalue weighted by Gasteiger charge is 2.28. The highest BCUT2D eigenvalue weighted by molar-refractivity contribution is 7.71. The van der Waals surface area contributed by atoms with Gasteiger partial charge in [-0.2, -0.15) is 0 Å². The number of nitrogens with zero attached hydrogens (tertiary/aromatic N) is 1. The molecule has 0 unspecified atom stereocenters. The molecular formula is C13H16ClN3OS. The van der Waals surface area contributed by atoms with Gasteiger partial charge in [0, 0.05) is 13.6 Å². The minimum Gasteiger partial charge on any atom is -0.359 e. The lowest BCUT2D eigenvalue weighted by molar-refractivity contribution is -0.129. The van der Waals surface area contributed by atoms with E-state index in [1.54, 1.807) is 7.05 Å². The average molecular weight is 298 g/mol. The Bertz CT molecular complexity index is 687. The van der Waals surface area contributed by atoms with E-state index in [4.69, 9.17) is 23.8 Å². The van der Waals surface area contributed by atoms with Crippen molar-refractivity contribution in [2.24, 2.45) is 5.41 Å². The van der Waals surface area contributed by atoms with Gasteiger partial charge in [0.05, 0.1) is 21.5 Å². The quantitative estimate of drug-likeness (QED) is 0.855. The third-order valence-corrected chi connectivity index (χ3v) is 3.79. The molecule has 0 radical (unpaired) electrons. The number of aromatic nitrogens is 2. The van der Waals surface area contributed by atoms with Gasteiger partial charge in [-0.1, -0.05) is 17.7 Å². The normalized spacial score (nSPS) is 11.8. The number of nitrogens with one attached hydrogen (secondary N) is 2. The first-order valence-electron chi connectivity index (χ1n) is 5.96. The Morgan fingerprint density at radius 1 is 1.53 bits per heavy atom. The van der Waals surface area contributed by atoms with Crippen LogP contribution in [-0.4, -0.2) is 22.5 Å². The molecule has 0 spiro atoms. The Hall–Kier alpha value is -1.33. The lowest BCUT2D eigenvalue weighted by Gasteiger charge is -2.23. The van der Waals surface area contributed by atoms with E-state index in [0.29, 0.717) is 16.3 Å². The van der Waals surface area contributed by atoms with Gasteiger partial charge in [-0.25, -0.2) is 0 Å². The fraction of sp³-hybridized carbons (Fsp3) is 0.385. The van der Waals surface area contributed by atoms with Crippen LogP contribution in [0.25, 0.3) is 11.0 Å². The monoisotopic (exact) mass is 297 g/mol. The smallest absolute Gasteiger partial charge is 0.227 e. The minimum absolute atomic E-state index is 0.0224. The number of H-pyrrole nitrogens is 1. The molecule has 1 amide bonds. The largest absolute Gasteiger partial charge is 0.359 e. The Labute approximate surface area is 121 Å². The van der Waals surface area contributed by atoms with Crippen molar-refractivity contribution in [2.75, 3.05) is 7.05 Å². The molecule has 2 aromatic rings. The number of carbonyl (C=O) groups excluding carboxylic acids is 1. The van der Waals surface area contributed by atoms with Gasteiger partial charge in [-0.15, -0.1) is 0 Å².